The molecule has 0 saturated heterocycles. The summed E-state index contributed by atoms with van der Waals surface area (Å²) in [6, 6.07) is 9.82. The maximum atomic E-state index is 11.2. The number of nitrogens with one attached hydrogen (secondary N) is 1. The molecular weight excluding hydrogens is 428 g/mol. The molecular formula is C20H15ClN4O4S. The van der Waals surface area contributed by atoms with Crippen molar-refractivity contribution in [2.24, 2.45) is 0 Å². The van der Waals surface area contributed by atoms with Crippen molar-refractivity contribution >= 4 is 50.3 Å². The second-order valence-corrected chi connectivity index (χ2v) is 7.44. The van der Waals surface area contributed by atoms with E-state index in [1.54, 1.807) is 18.2 Å². The van der Waals surface area contributed by atoms with Crippen LogP contribution in [0.25, 0.3) is 21.3 Å². The first-order valence-corrected chi connectivity index (χ1v) is 9.93. The zero-order chi connectivity index (χ0) is 21.3. The molecule has 0 spiro atoms. The van der Waals surface area contributed by atoms with Crippen molar-refractivity contribution in [3.63, 3.8) is 0 Å². The molecule has 0 bridgehead atoms. The Hall–Kier alpha value is -3.43. The smallest absolute Gasteiger partial charge is 0.270 e. The van der Waals surface area contributed by atoms with Gasteiger partial charge in [-0.15, -0.1) is 11.3 Å². The number of thiophene rings is 1. The topological polar surface area (TPSA) is 99.4 Å². The minimum atomic E-state index is -0.418. The molecule has 152 valence electrons. The SMILES string of the molecule is COc1cc(Nc2ncnc3scc(-c4cccc([N+](=O)[O-])c4)c23)c(OC)cc1Cl. The van der Waals surface area contributed by atoms with Gasteiger partial charge < -0.3 is 14.8 Å². The van der Waals surface area contributed by atoms with Crippen LogP contribution in [0.1, 0.15) is 0 Å². The number of aromatic nitrogens is 2. The predicted octanol–water partition coefficient (Wildman–Crippen LogP) is 5.68. The maximum absolute atomic E-state index is 11.2. The summed E-state index contributed by atoms with van der Waals surface area (Å²) in [5.74, 6) is 1.53. The summed E-state index contributed by atoms with van der Waals surface area (Å²) in [6.07, 6.45) is 1.46. The van der Waals surface area contributed by atoms with Gasteiger partial charge >= 0.3 is 0 Å². The number of halogens is 1. The lowest BCUT2D eigenvalue weighted by Crippen LogP contribution is -1.99. The molecule has 2 aromatic heterocycles. The van der Waals surface area contributed by atoms with Gasteiger partial charge in [0.2, 0.25) is 0 Å². The zero-order valence-corrected chi connectivity index (χ0v) is 17.5. The number of nitro benzene ring substituents is 1. The minimum Gasteiger partial charge on any atom is -0.495 e. The quantitative estimate of drug-likeness (QED) is 0.303. The molecule has 30 heavy (non-hydrogen) atoms. The van der Waals surface area contributed by atoms with Crippen molar-refractivity contribution in [2.75, 3.05) is 19.5 Å². The van der Waals surface area contributed by atoms with Gasteiger partial charge in [0.1, 0.15) is 28.5 Å². The van der Waals surface area contributed by atoms with Crippen molar-refractivity contribution < 1.29 is 14.4 Å². The van der Waals surface area contributed by atoms with Gasteiger partial charge in [-0.1, -0.05) is 23.7 Å². The molecule has 0 atom stereocenters. The van der Waals surface area contributed by atoms with E-state index in [0.29, 0.717) is 33.6 Å². The van der Waals surface area contributed by atoms with E-state index in [2.05, 4.69) is 15.3 Å². The fraction of sp³-hybridized carbons (Fsp3) is 0.100. The number of methoxy groups -OCH3 is 2. The third-order valence-corrected chi connectivity index (χ3v) is 5.65. The summed E-state index contributed by atoms with van der Waals surface area (Å²) in [5, 5.41) is 17.5. The molecule has 0 saturated carbocycles. The summed E-state index contributed by atoms with van der Waals surface area (Å²) in [6.45, 7) is 0. The molecule has 10 heteroatoms. The van der Waals surface area contributed by atoms with E-state index in [0.717, 1.165) is 15.8 Å². The Labute approximate surface area is 180 Å². The summed E-state index contributed by atoms with van der Waals surface area (Å²) >= 11 is 7.62. The Bertz CT molecular complexity index is 1260. The average Bonchev–Trinajstić information content (AvgIpc) is 3.20. The van der Waals surface area contributed by atoms with Crippen molar-refractivity contribution in [1.29, 1.82) is 0 Å². The standard InChI is InChI=1S/C20H15ClN4O4S/c1-28-16-8-15(17(29-2)7-14(16)21)24-19-18-13(9-30-20(18)23-10-22-19)11-4-3-5-12(6-11)25(26)27/h3-10H,1-2H3,(H,22,23,24). The number of hydrogen-bond acceptors (Lipinski definition) is 8. The number of ether oxygens (including phenoxy) is 2. The van der Waals surface area contributed by atoms with Crippen LogP contribution in [-0.2, 0) is 0 Å². The Balaban J connectivity index is 1.85. The lowest BCUT2D eigenvalue weighted by molar-refractivity contribution is -0.384. The molecule has 4 rings (SSSR count). The molecule has 0 unspecified atom stereocenters. The van der Waals surface area contributed by atoms with Crippen molar-refractivity contribution in [2.45, 2.75) is 0 Å². The van der Waals surface area contributed by atoms with Crippen LogP contribution in [0.4, 0.5) is 17.2 Å². The highest BCUT2D eigenvalue weighted by atomic mass is 35.5. The van der Waals surface area contributed by atoms with E-state index < -0.39 is 4.92 Å². The molecule has 2 heterocycles. The minimum absolute atomic E-state index is 0.0160. The lowest BCUT2D eigenvalue weighted by Gasteiger charge is -2.14. The number of anilines is 2. The van der Waals surface area contributed by atoms with E-state index in [1.165, 1.54) is 44.0 Å². The van der Waals surface area contributed by atoms with Gasteiger partial charge in [-0.3, -0.25) is 10.1 Å². The Kier molecular flexibility index (Phi) is 5.39. The molecule has 0 fully saturated rings. The monoisotopic (exact) mass is 442 g/mol. The van der Waals surface area contributed by atoms with Crippen LogP contribution in [0.15, 0.2) is 48.1 Å². The molecule has 8 nitrogen and oxygen atoms in total. The van der Waals surface area contributed by atoms with Gasteiger partial charge in [0.15, 0.2) is 0 Å². The van der Waals surface area contributed by atoms with Gasteiger partial charge in [0.05, 0.1) is 35.2 Å². The molecule has 0 amide bonds. The molecule has 2 aromatic carbocycles. The third kappa shape index (κ3) is 3.60. The van der Waals surface area contributed by atoms with E-state index >= 15 is 0 Å². The highest BCUT2D eigenvalue weighted by Crippen LogP contribution is 2.41. The zero-order valence-electron chi connectivity index (χ0n) is 15.9. The normalized spacial score (nSPS) is 10.8. The third-order valence-electron chi connectivity index (χ3n) is 4.47. The van der Waals surface area contributed by atoms with E-state index in [1.807, 2.05) is 11.4 Å². The number of hydrogen-bond donors (Lipinski definition) is 1. The summed E-state index contributed by atoms with van der Waals surface area (Å²) in [7, 11) is 3.07. The van der Waals surface area contributed by atoms with Gasteiger partial charge in [-0.25, -0.2) is 9.97 Å². The highest BCUT2D eigenvalue weighted by Gasteiger charge is 2.17. The number of nitrogens with zero attached hydrogens (tertiary/aromatic N) is 3. The number of fused-ring (bicyclic) bond motifs is 1. The predicted molar refractivity (Wildman–Crippen MR) is 117 cm³/mol. The van der Waals surface area contributed by atoms with E-state index in [9.17, 15) is 10.1 Å². The Morgan fingerprint density at radius 2 is 1.93 bits per heavy atom. The van der Waals surface area contributed by atoms with Gasteiger partial charge in [0, 0.05) is 35.2 Å². The second kappa shape index (κ2) is 8.13. The van der Waals surface area contributed by atoms with Gasteiger partial charge in [0.25, 0.3) is 5.69 Å². The second-order valence-electron chi connectivity index (χ2n) is 6.17. The fourth-order valence-electron chi connectivity index (χ4n) is 3.06. The molecule has 0 radical (unpaired) electrons. The first-order chi connectivity index (χ1) is 14.5. The summed E-state index contributed by atoms with van der Waals surface area (Å²) in [4.78, 5) is 20.2. The van der Waals surface area contributed by atoms with E-state index in [-0.39, 0.29) is 5.69 Å². The Morgan fingerprint density at radius 3 is 2.67 bits per heavy atom. The lowest BCUT2D eigenvalue weighted by atomic mass is 10.1. The first-order valence-electron chi connectivity index (χ1n) is 8.67. The largest absolute Gasteiger partial charge is 0.495 e. The Morgan fingerprint density at radius 1 is 1.13 bits per heavy atom. The number of non-ortho nitro benzene ring substituents is 1. The van der Waals surface area contributed by atoms with Crippen LogP contribution in [-0.4, -0.2) is 29.1 Å². The molecule has 0 aliphatic heterocycles. The average molecular weight is 443 g/mol. The van der Waals surface area contributed by atoms with Crippen molar-refractivity contribution in [3.8, 4) is 22.6 Å². The van der Waals surface area contributed by atoms with Crippen LogP contribution in [0, 0.1) is 10.1 Å². The summed E-state index contributed by atoms with van der Waals surface area (Å²) < 4.78 is 10.7. The molecule has 0 aliphatic rings. The van der Waals surface area contributed by atoms with Crippen LogP contribution in [0.5, 0.6) is 11.5 Å². The maximum Gasteiger partial charge on any atom is 0.270 e. The highest BCUT2D eigenvalue weighted by molar-refractivity contribution is 7.17. The van der Waals surface area contributed by atoms with Crippen LogP contribution < -0.4 is 14.8 Å². The van der Waals surface area contributed by atoms with Crippen LogP contribution in [0.3, 0.4) is 0 Å². The van der Waals surface area contributed by atoms with Crippen LogP contribution in [0.2, 0.25) is 5.02 Å². The van der Waals surface area contributed by atoms with Gasteiger partial charge in [-0.05, 0) is 5.56 Å². The number of rotatable bonds is 6. The van der Waals surface area contributed by atoms with Crippen molar-refractivity contribution in [1.82, 2.24) is 9.97 Å². The van der Waals surface area contributed by atoms with Gasteiger partial charge in [-0.2, -0.15) is 0 Å². The first kappa shape index (κ1) is 19.9. The van der Waals surface area contributed by atoms with Crippen LogP contribution >= 0.6 is 22.9 Å². The number of nitro groups is 1. The van der Waals surface area contributed by atoms with Crippen molar-refractivity contribution in [3.05, 3.63) is 63.2 Å². The fourth-order valence-corrected chi connectivity index (χ4v) is 4.20. The molecule has 0 aliphatic carbocycles. The van der Waals surface area contributed by atoms with E-state index in [4.69, 9.17) is 21.1 Å². The molecule has 4 aromatic rings. The number of benzene rings is 2. The molecule has 1 N–H and O–H groups in total. The summed E-state index contributed by atoms with van der Waals surface area (Å²) in [5.41, 5.74) is 2.12.